The van der Waals surface area contributed by atoms with Gasteiger partial charge in [-0.2, -0.15) is 0 Å². The van der Waals surface area contributed by atoms with Gasteiger partial charge in [-0.3, -0.25) is 4.79 Å². The van der Waals surface area contributed by atoms with Crippen molar-refractivity contribution in [1.82, 2.24) is 4.98 Å². The van der Waals surface area contributed by atoms with E-state index >= 15 is 0 Å². The zero-order valence-corrected chi connectivity index (χ0v) is 10.2. The number of carbonyl (C=O) groups excluding carboxylic acids is 1. The summed E-state index contributed by atoms with van der Waals surface area (Å²) in [6.45, 7) is 3.90. The maximum atomic E-state index is 12.1. The molecule has 1 aliphatic rings. The van der Waals surface area contributed by atoms with Crippen LogP contribution in [-0.4, -0.2) is 10.9 Å². The Labute approximate surface area is 105 Å². The monoisotopic (exact) mass is 239 g/mol. The number of hydrogen-bond acceptors (Lipinski definition) is 3. The molecule has 0 saturated heterocycles. The van der Waals surface area contributed by atoms with Crippen LogP contribution in [0.5, 0.6) is 0 Å². The molecule has 2 aromatic rings. The van der Waals surface area contributed by atoms with Gasteiger partial charge in [0, 0.05) is 5.69 Å². The Morgan fingerprint density at radius 3 is 2.72 bits per heavy atom. The molecule has 0 aliphatic carbocycles. The number of anilines is 3. The summed E-state index contributed by atoms with van der Waals surface area (Å²) in [6, 6.07) is 9.38. The Morgan fingerprint density at radius 1 is 1.11 bits per heavy atom. The van der Waals surface area contributed by atoms with E-state index in [-0.39, 0.29) is 5.91 Å². The van der Waals surface area contributed by atoms with Crippen LogP contribution in [0.3, 0.4) is 0 Å². The number of pyridine rings is 1. The number of aryl methyl sites for hydroxylation is 2. The van der Waals surface area contributed by atoms with Gasteiger partial charge in [-0.25, -0.2) is 4.98 Å². The molecule has 4 nitrogen and oxygen atoms in total. The second-order valence-corrected chi connectivity index (χ2v) is 4.43. The normalized spacial score (nSPS) is 12.9. The van der Waals surface area contributed by atoms with Crippen LogP contribution in [-0.2, 0) is 0 Å². The first-order chi connectivity index (χ1) is 8.65. The lowest BCUT2D eigenvalue weighted by atomic mass is 10.1. The second-order valence-electron chi connectivity index (χ2n) is 4.43. The topological polar surface area (TPSA) is 54.0 Å². The highest BCUT2D eigenvalue weighted by molar-refractivity contribution is 6.12. The molecule has 3 rings (SSSR count). The van der Waals surface area contributed by atoms with Gasteiger partial charge in [-0.05, 0) is 37.6 Å². The highest BCUT2D eigenvalue weighted by Gasteiger charge is 2.20. The predicted octanol–water partition coefficient (Wildman–Crippen LogP) is 3.01. The minimum Gasteiger partial charge on any atom is -0.338 e. The fourth-order valence-corrected chi connectivity index (χ4v) is 2.18. The second kappa shape index (κ2) is 3.84. The molecule has 0 spiro atoms. The van der Waals surface area contributed by atoms with Crippen LogP contribution in [0.4, 0.5) is 17.2 Å². The quantitative estimate of drug-likeness (QED) is 0.743. The zero-order valence-electron chi connectivity index (χ0n) is 10.2. The smallest absolute Gasteiger partial charge is 0.257 e. The van der Waals surface area contributed by atoms with Crippen molar-refractivity contribution in [3.63, 3.8) is 0 Å². The van der Waals surface area contributed by atoms with Crippen LogP contribution in [0.15, 0.2) is 30.3 Å². The number of amides is 1. The van der Waals surface area contributed by atoms with E-state index in [9.17, 15) is 4.79 Å². The summed E-state index contributed by atoms with van der Waals surface area (Å²) >= 11 is 0. The number of carbonyl (C=O) groups is 1. The Hall–Kier alpha value is -2.36. The summed E-state index contributed by atoms with van der Waals surface area (Å²) in [4.78, 5) is 16.6. The number of fused-ring (bicyclic) bond motifs is 2. The molecule has 1 amide bonds. The maximum absolute atomic E-state index is 12.1. The lowest BCUT2D eigenvalue weighted by Gasteiger charge is -2.11. The Balaban J connectivity index is 2.21. The summed E-state index contributed by atoms with van der Waals surface area (Å²) in [7, 11) is 0. The standard InChI is InChI=1S/C14H13N3O/c1-8-7-9(2)15-13-12(8)17-14(18)10-5-3-4-6-11(10)16-13/h3-7H,1-2H3,(H,15,16)(H,17,18). The van der Waals surface area contributed by atoms with Crippen molar-refractivity contribution in [1.29, 1.82) is 0 Å². The molecular weight excluding hydrogens is 226 g/mol. The predicted molar refractivity (Wildman–Crippen MR) is 71.4 cm³/mol. The molecule has 4 heteroatoms. The number of aromatic nitrogens is 1. The van der Waals surface area contributed by atoms with Crippen LogP contribution < -0.4 is 10.6 Å². The van der Waals surface area contributed by atoms with Crippen LogP contribution >= 0.6 is 0 Å². The van der Waals surface area contributed by atoms with Gasteiger partial charge in [0.1, 0.15) is 0 Å². The van der Waals surface area contributed by atoms with E-state index in [1.54, 1.807) is 6.07 Å². The number of hydrogen-bond donors (Lipinski definition) is 2. The first-order valence-electron chi connectivity index (χ1n) is 5.81. The van der Waals surface area contributed by atoms with E-state index in [4.69, 9.17) is 0 Å². The number of nitrogens with zero attached hydrogens (tertiary/aromatic N) is 1. The Kier molecular flexibility index (Phi) is 2.30. The van der Waals surface area contributed by atoms with Crippen molar-refractivity contribution in [2.24, 2.45) is 0 Å². The molecule has 1 aromatic carbocycles. The molecule has 0 saturated carbocycles. The van der Waals surface area contributed by atoms with Crippen molar-refractivity contribution < 1.29 is 4.79 Å². The van der Waals surface area contributed by atoms with Gasteiger partial charge in [0.05, 0.1) is 16.9 Å². The van der Waals surface area contributed by atoms with E-state index in [1.807, 2.05) is 38.1 Å². The lowest BCUT2D eigenvalue weighted by molar-refractivity contribution is 0.102. The molecule has 0 fully saturated rings. The van der Waals surface area contributed by atoms with Crippen molar-refractivity contribution in [3.8, 4) is 0 Å². The van der Waals surface area contributed by atoms with E-state index in [2.05, 4.69) is 15.6 Å². The van der Waals surface area contributed by atoms with E-state index in [1.165, 1.54) is 0 Å². The molecule has 2 heterocycles. The summed E-state index contributed by atoms with van der Waals surface area (Å²) in [5.74, 6) is 0.594. The van der Waals surface area contributed by atoms with Gasteiger partial charge in [0.15, 0.2) is 5.82 Å². The Morgan fingerprint density at radius 2 is 1.89 bits per heavy atom. The van der Waals surface area contributed by atoms with Gasteiger partial charge >= 0.3 is 0 Å². The third-order valence-electron chi connectivity index (χ3n) is 3.01. The first-order valence-corrected chi connectivity index (χ1v) is 5.81. The molecule has 1 aromatic heterocycles. The van der Waals surface area contributed by atoms with Crippen LogP contribution in [0.2, 0.25) is 0 Å². The average Bonchev–Trinajstić information content (AvgIpc) is 2.47. The van der Waals surface area contributed by atoms with E-state index in [0.717, 1.165) is 22.6 Å². The molecule has 90 valence electrons. The third-order valence-corrected chi connectivity index (χ3v) is 3.01. The number of benzene rings is 1. The first kappa shape index (κ1) is 10.8. The van der Waals surface area contributed by atoms with Gasteiger partial charge in [-0.1, -0.05) is 12.1 Å². The molecule has 0 unspecified atom stereocenters. The fraction of sp³-hybridized carbons (Fsp3) is 0.143. The minimum absolute atomic E-state index is 0.106. The fourth-order valence-electron chi connectivity index (χ4n) is 2.18. The van der Waals surface area contributed by atoms with Gasteiger partial charge in [0.25, 0.3) is 5.91 Å². The van der Waals surface area contributed by atoms with Crippen LogP contribution in [0.1, 0.15) is 21.6 Å². The summed E-state index contributed by atoms with van der Waals surface area (Å²) in [5.41, 5.74) is 4.10. The summed E-state index contributed by atoms with van der Waals surface area (Å²) in [5, 5.41) is 6.13. The van der Waals surface area contributed by atoms with Gasteiger partial charge < -0.3 is 10.6 Å². The largest absolute Gasteiger partial charge is 0.338 e. The van der Waals surface area contributed by atoms with E-state index < -0.39 is 0 Å². The van der Waals surface area contributed by atoms with Crippen molar-refractivity contribution in [2.45, 2.75) is 13.8 Å². The molecule has 0 radical (unpaired) electrons. The van der Waals surface area contributed by atoms with Crippen LogP contribution in [0.25, 0.3) is 0 Å². The average molecular weight is 239 g/mol. The van der Waals surface area contributed by atoms with E-state index in [0.29, 0.717) is 11.4 Å². The molecule has 2 N–H and O–H groups in total. The molecule has 0 atom stereocenters. The lowest BCUT2D eigenvalue weighted by Crippen LogP contribution is -2.11. The summed E-state index contributed by atoms with van der Waals surface area (Å²) < 4.78 is 0. The third kappa shape index (κ3) is 1.62. The van der Waals surface area contributed by atoms with Gasteiger partial charge in [0.2, 0.25) is 0 Å². The SMILES string of the molecule is Cc1cc(C)c2c(n1)Nc1ccccc1C(=O)N2. The molecule has 1 aliphatic heterocycles. The number of rotatable bonds is 0. The van der Waals surface area contributed by atoms with Crippen molar-refractivity contribution in [2.75, 3.05) is 10.6 Å². The molecule has 0 bridgehead atoms. The highest BCUT2D eigenvalue weighted by Crippen LogP contribution is 2.32. The zero-order chi connectivity index (χ0) is 12.7. The van der Waals surface area contributed by atoms with Crippen LogP contribution in [0, 0.1) is 13.8 Å². The molecule has 18 heavy (non-hydrogen) atoms. The summed E-state index contributed by atoms with van der Waals surface area (Å²) in [6.07, 6.45) is 0. The highest BCUT2D eigenvalue weighted by atomic mass is 16.1. The minimum atomic E-state index is -0.106. The van der Waals surface area contributed by atoms with Crippen molar-refractivity contribution >= 4 is 23.1 Å². The number of nitrogens with one attached hydrogen (secondary N) is 2. The Bertz CT molecular complexity index is 649. The van der Waals surface area contributed by atoms with Gasteiger partial charge in [-0.15, -0.1) is 0 Å². The number of para-hydroxylation sites is 1. The maximum Gasteiger partial charge on any atom is 0.257 e. The molecular formula is C14H13N3O. The van der Waals surface area contributed by atoms with Crippen molar-refractivity contribution in [3.05, 3.63) is 47.2 Å².